The fourth-order valence-electron chi connectivity index (χ4n) is 7.53. The number of aliphatic imine (C=N–C) groups is 1. The standard InChI is InChI=1S/C44H40N2/c1-4-29(5-2)41(45)28-40-30(6-3)24-25-39-34(26-27-46-44(39)40)31-20-22-33(23-21-31)43-37-18-12-10-16-35(37)42(32-14-8-7-9-15-32)36-17-11-13-19-38(36)43/h6-25,27,29,34,45H,3-5,26,28H2,1-2H3. The minimum atomic E-state index is 0.218. The van der Waals surface area contributed by atoms with Gasteiger partial charge in [-0.25, -0.2) is 0 Å². The van der Waals surface area contributed by atoms with Gasteiger partial charge in [0, 0.05) is 24.3 Å². The lowest BCUT2D eigenvalue weighted by molar-refractivity contribution is 0.631. The van der Waals surface area contributed by atoms with Gasteiger partial charge in [-0.3, -0.25) is 4.99 Å². The lowest BCUT2D eigenvalue weighted by atomic mass is 9.81. The van der Waals surface area contributed by atoms with Crippen LogP contribution in [0.3, 0.4) is 0 Å². The number of nitrogens with zero attached hydrogens (tertiary/aromatic N) is 1. The summed E-state index contributed by atoms with van der Waals surface area (Å²) in [6.07, 6.45) is 7.46. The van der Waals surface area contributed by atoms with Crippen molar-refractivity contribution in [1.29, 1.82) is 5.41 Å². The molecule has 0 fully saturated rings. The number of hydrogen-bond acceptors (Lipinski definition) is 2. The van der Waals surface area contributed by atoms with Crippen LogP contribution in [0.15, 0.2) is 127 Å². The maximum absolute atomic E-state index is 8.88. The van der Waals surface area contributed by atoms with E-state index in [2.05, 4.69) is 142 Å². The molecule has 226 valence electrons. The zero-order valence-corrected chi connectivity index (χ0v) is 26.8. The molecule has 0 amide bonds. The van der Waals surface area contributed by atoms with Crippen molar-refractivity contribution >= 4 is 45.2 Å². The van der Waals surface area contributed by atoms with Gasteiger partial charge in [0.05, 0.1) is 5.69 Å². The van der Waals surface area contributed by atoms with Gasteiger partial charge >= 0.3 is 0 Å². The molecule has 1 unspecified atom stereocenters. The molecule has 1 N–H and O–H groups in total. The molecule has 1 aliphatic heterocycles. The fraction of sp³-hybridized carbons (Fsp3) is 0.182. The zero-order valence-electron chi connectivity index (χ0n) is 26.8. The van der Waals surface area contributed by atoms with E-state index in [0.717, 1.165) is 41.8 Å². The summed E-state index contributed by atoms with van der Waals surface area (Å²) in [6.45, 7) is 8.45. The molecule has 0 aromatic heterocycles. The highest BCUT2D eigenvalue weighted by Crippen LogP contribution is 2.45. The highest BCUT2D eigenvalue weighted by Gasteiger charge is 2.25. The maximum atomic E-state index is 8.88. The van der Waals surface area contributed by atoms with Gasteiger partial charge in [-0.15, -0.1) is 0 Å². The van der Waals surface area contributed by atoms with E-state index < -0.39 is 0 Å². The van der Waals surface area contributed by atoms with Gasteiger partial charge in [0.25, 0.3) is 0 Å². The molecule has 6 aromatic carbocycles. The van der Waals surface area contributed by atoms with E-state index in [1.165, 1.54) is 54.9 Å². The van der Waals surface area contributed by atoms with Crippen molar-refractivity contribution in [2.24, 2.45) is 10.9 Å². The van der Waals surface area contributed by atoms with Crippen LogP contribution in [-0.4, -0.2) is 11.9 Å². The maximum Gasteiger partial charge on any atom is 0.0705 e. The monoisotopic (exact) mass is 596 g/mol. The minimum absolute atomic E-state index is 0.218. The molecule has 1 aliphatic rings. The number of hydrogen-bond donors (Lipinski definition) is 1. The Hall–Kier alpha value is -5.08. The Morgan fingerprint density at radius 1 is 0.739 bits per heavy atom. The molecular weight excluding hydrogens is 556 g/mol. The second-order valence-corrected chi connectivity index (χ2v) is 12.4. The lowest BCUT2D eigenvalue weighted by Crippen LogP contribution is -2.16. The van der Waals surface area contributed by atoms with Crippen LogP contribution < -0.4 is 0 Å². The van der Waals surface area contributed by atoms with E-state index in [1.54, 1.807) is 0 Å². The molecule has 2 heteroatoms. The summed E-state index contributed by atoms with van der Waals surface area (Å²) in [5, 5.41) is 14.0. The molecular formula is C44H40N2. The molecule has 7 rings (SSSR count). The van der Waals surface area contributed by atoms with Crippen molar-refractivity contribution in [1.82, 2.24) is 0 Å². The van der Waals surface area contributed by atoms with Gasteiger partial charge < -0.3 is 5.41 Å². The van der Waals surface area contributed by atoms with Crippen molar-refractivity contribution in [3.05, 3.63) is 144 Å². The zero-order chi connectivity index (χ0) is 31.6. The smallest absolute Gasteiger partial charge is 0.0705 e. The summed E-state index contributed by atoms with van der Waals surface area (Å²) in [4.78, 5) is 4.94. The van der Waals surface area contributed by atoms with E-state index >= 15 is 0 Å². The van der Waals surface area contributed by atoms with Crippen LogP contribution in [0.1, 0.15) is 61.3 Å². The van der Waals surface area contributed by atoms with E-state index in [0.29, 0.717) is 12.3 Å². The van der Waals surface area contributed by atoms with E-state index in [4.69, 9.17) is 10.4 Å². The van der Waals surface area contributed by atoms with E-state index in [-0.39, 0.29) is 5.92 Å². The van der Waals surface area contributed by atoms with Crippen LogP contribution in [0.25, 0.3) is 49.9 Å². The first-order valence-electron chi connectivity index (χ1n) is 16.6. The molecule has 0 radical (unpaired) electrons. The van der Waals surface area contributed by atoms with Crippen LogP contribution in [0, 0.1) is 11.3 Å². The summed E-state index contributed by atoms with van der Waals surface area (Å²) in [7, 11) is 0. The van der Waals surface area contributed by atoms with Crippen LogP contribution in [0.2, 0.25) is 0 Å². The summed E-state index contributed by atoms with van der Waals surface area (Å²) in [5.41, 5.74) is 11.6. The van der Waals surface area contributed by atoms with Crippen molar-refractivity contribution in [2.45, 2.75) is 45.4 Å². The fourth-order valence-corrected chi connectivity index (χ4v) is 7.53. The van der Waals surface area contributed by atoms with Crippen LogP contribution in [-0.2, 0) is 6.42 Å². The van der Waals surface area contributed by atoms with Gasteiger partial charge in [0.15, 0.2) is 0 Å². The molecule has 0 bridgehead atoms. The minimum Gasteiger partial charge on any atom is -0.309 e. The van der Waals surface area contributed by atoms with Crippen molar-refractivity contribution in [3.8, 4) is 22.3 Å². The normalized spacial score (nSPS) is 14.1. The third kappa shape index (κ3) is 5.18. The Labute approximate surface area is 272 Å². The quantitative estimate of drug-likeness (QED) is 0.127. The Kier molecular flexibility index (Phi) is 8.20. The molecule has 0 saturated heterocycles. The summed E-state index contributed by atoms with van der Waals surface area (Å²) in [5.74, 6) is 0.522. The predicted molar refractivity (Wildman–Crippen MR) is 199 cm³/mol. The molecule has 0 spiro atoms. The Bertz CT molecular complexity index is 2040. The first-order valence-corrected chi connectivity index (χ1v) is 16.6. The van der Waals surface area contributed by atoms with Crippen LogP contribution in [0.4, 0.5) is 5.69 Å². The van der Waals surface area contributed by atoms with Crippen molar-refractivity contribution in [2.75, 3.05) is 0 Å². The predicted octanol–water partition coefficient (Wildman–Crippen LogP) is 12.2. The lowest BCUT2D eigenvalue weighted by Gasteiger charge is -2.26. The first-order chi connectivity index (χ1) is 22.6. The number of fused-ring (bicyclic) bond motifs is 3. The van der Waals surface area contributed by atoms with E-state index in [1.807, 2.05) is 6.08 Å². The number of nitrogens with one attached hydrogen (secondary N) is 1. The molecule has 1 atom stereocenters. The molecule has 46 heavy (non-hydrogen) atoms. The number of benzene rings is 6. The Morgan fingerprint density at radius 2 is 1.28 bits per heavy atom. The summed E-state index contributed by atoms with van der Waals surface area (Å²) in [6, 6.07) is 42.1. The van der Waals surface area contributed by atoms with E-state index in [9.17, 15) is 0 Å². The third-order valence-electron chi connectivity index (χ3n) is 9.95. The van der Waals surface area contributed by atoms with Crippen molar-refractivity contribution < 1.29 is 0 Å². The molecule has 0 aliphatic carbocycles. The second-order valence-electron chi connectivity index (χ2n) is 12.4. The highest BCUT2D eigenvalue weighted by atomic mass is 14.7. The average molecular weight is 597 g/mol. The average Bonchev–Trinajstić information content (AvgIpc) is 3.11. The molecule has 6 aromatic rings. The third-order valence-corrected chi connectivity index (χ3v) is 9.95. The SMILES string of the molecule is C=Cc1ccc2c(c1CC(=N)C(CC)CC)N=CCC2c1ccc(-c2c3ccccc3c(-c3ccccc3)c3ccccc23)cc1. The topological polar surface area (TPSA) is 36.2 Å². The van der Waals surface area contributed by atoms with Gasteiger partial charge in [-0.05, 0) is 91.2 Å². The largest absolute Gasteiger partial charge is 0.309 e. The molecule has 0 saturated carbocycles. The first kappa shape index (κ1) is 29.6. The second kappa shape index (κ2) is 12.7. The van der Waals surface area contributed by atoms with Gasteiger partial charge in [-0.1, -0.05) is 142 Å². The van der Waals surface area contributed by atoms with Crippen LogP contribution in [0.5, 0.6) is 0 Å². The molecule has 1 heterocycles. The summed E-state index contributed by atoms with van der Waals surface area (Å²) >= 11 is 0. The Morgan fingerprint density at radius 3 is 1.83 bits per heavy atom. The highest BCUT2D eigenvalue weighted by molar-refractivity contribution is 6.21. The van der Waals surface area contributed by atoms with Crippen LogP contribution >= 0.6 is 0 Å². The Balaban J connectivity index is 1.32. The number of rotatable bonds is 9. The molecule has 2 nitrogen and oxygen atoms in total. The summed E-state index contributed by atoms with van der Waals surface area (Å²) < 4.78 is 0. The van der Waals surface area contributed by atoms with Gasteiger partial charge in [0.2, 0.25) is 0 Å². The van der Waals surface area contributed by atoms with Crippen molar-refractivity contribution in [3.63, 3.8) is 0 Å². The van der Waals surface area contributed by atoms with Gasteiger partial charge in [0.1, 0.15) is 0 Å². The van der Waals surface area contributed by atoms with Gasteiger partial charge in [-0.2, -0.15) is 0 Å².